The first-order valence-electron chi connectivity index (χ1n) is 9.26. The third kappa shape index (κ3) is 2.90. The van der Waals surface area contributed by atoms with E-state index in [2.05, 4.69) is 34.3 Å². The Morgan fingerprint density at radius 1 is 1.33 bits per heavy atom. The summed E-state index contributed by atoms with van der Waals surface area (Å²) in [6, 6.07) is 0.182. The number of H-pyrrole nitrogens is 1. The Balaban J connectivity index is 1.45. The van der Waals surface area contributed by atoms with Gasteiger partial charge in [0.2, 0.25) is 0 Å². The van der Waals surface area contributed by atoms with Crippen LogP contribution < -0.4 is 5.32 Å². The van der Waals surface area contributed by atoms with Crippen molar-refractivity contribution in [3.05, 3.63) is 11.6 Å². The molecule has 2 amide bonds. The Morgan fingerprint density at radius 3 is 2.88 bits per heavy atom. The summed E-state index contributed by atoms with van der Waals surface area (Å²) < 4.78 is 5.85. The number of carbonyl (C=O) groups is 1. The van der Waals surface area contributed by atoms with Crippen LogP contribution in [0.15, 0.2) is 0 Å². The summed E-state index contributed by atoms with van der Waals surface area (Å²) in [6.45, 7) is 4.93. The number of amides is 2. The zero-order valence-corrected chi connectivity index (χ0v) is 14.5. The molecule has 0 aromatic carbocycles. The topological polar surface area (TPSA) is 83.1 Å². The fourth-order valence-corrected chi connectivity index (χ4v) is 4.19. The lowest BCUT2D eigenvalue weighted by Crippen LogP contribution is -2.50. The smallest absolute Gasteiger partial charge is 0.318 e. The number of urea groups is 1. The van der Waals surface area contributed by atoms with Gasteiger partial charge in [0.05, 0.1) is 24.3 Å². The zero-order chi connectivity index (χ0) is 16.7. The molecule has 4 heterocycles. The second kappa shape index (κ2) is 6.35. The molecule has 24 heavy (non-hydrogen) atoms. The molecule has 2 N–H and O–H groups in total. The number of aromatic amines is 1. The van der Waals surface area contributed by atoms with Gasteiger partial charge in [-0.15, -0.1) is 0 Å². The number of nitrogens with one attached hydrogen (secondary N) is 2. The molecule has 2 bridgehead atoms. The van der Waals surface area contributed by atoms with E-state index in [1.807, 2.05) is 4.90 Å². The molecule has 3 aliphatic rings. The van der Waals surface area contributed by atoms with Crippen LogP contribution in [-0.4, -0.2) is 50.9 Å². The summed E-state index contributed by atoms with van der Waals surface area (Å²) in [6.07, 6.45) is 6.81. The van der Waals surface area contributed by atoms with E-state index in [1.54, 1.807) is 0 Å². The molecule has 3 aliphatic heterocycles. The fourth-order valence-electron chi connectivity index (χ4n) is 4.19. The zero-order valence-electron chi connectivity index (χ0n) is 14.5. The minimum Gasteiger partial charge on any atom is -0.373 e. The summed E-state index contributed by atoms with van der Waals surface area (Å²) in [5.41, 5.74) is 0. The summed E-state index contributed by atoms with van der Waals surface area (Å²) >= 11 is 0. The molecule has 0 spiro atoms. The van der Waals surface area contributed by atoms with Gasteiger partial charge in [-0.3, -0.25) is 5.10 Å². The molecular formula is C17H27N5O2. The van der Waals surface area contributed by atoms with Crippen molar-refractivity contribution >= 4 is 6.03 Å². The van der Waals surface area contributed by atoms with Gasteiger partial charge >= 0.3 is 6.03 Å². The van der Waals surface area contributed by atoms with Crippen LogP contribution in [0.3, 0.4) is 0 Å². The summed E-state index contributed by atoms with van der Waals surface area (Å²) in [5.74, 6) is 1.92. The molecular weight excluding hydrogens is 306 g/mol. The van der Waals surface area contributed by atoms with Gasteiger partial charge in [0.1, 0.15) is 5.82 Å². The van der Waals surface area contributed by atoms with Gasteiger partial charge in [0.25, 0.3) is 0 Å². The second-order valence-electron chi connectivity index (χ2n) is 7.60. The van der Waals surface area contributed by atoms with Gasteiger partial charge in [-0.05, 0) is 38.5 Å². The Labute approximate surface area is 142 Å². The van der Waals surface area contributed by atoms with Crippen molar-refractivity contribution in [1.29, 1.82) is 0 Å². The first-order chi connectivity index (χ1) is 11.6. The van der Waals surface area contributed by atoms with Gasteiger partial charge in [0.15, 0.2) is 5.82 Å². The maximum absolute atomic E-state index is 12.9. The standard InChI is InChI=1S/C17H27N5O2/c1-10(2)15-19-16(21-20-15)13-5-3-4-8-22(13)17(23)18-12-9-11-6-7-14(12)24-11/h10-14H,3-9H2,1-2H3,(H,18,23)(H,19,20,21)/t11-,12-,13+,14+/m1/s1. The molecule has 4 atom stereocenters. The van der Waals surface area contributed by atoms with Crippen LogP contribution in [0.1, 0.15) is 76.0 Å². The van der Waals surface area contributed by atoms with Gasteiger partial charge in [0, 0.05) is 12.5 Å². The second-order valence-corrected chi connectivity index (χ2v) is 7.60. The monoisotopic (exact) mass is 333 g/mol. The van der Waals surface area contributed by atoms with Crippen molar-refractivity contribution in [2.45, 2.75) is 82.6 Å². The van der Waals surface area contributed by atoms with Crippen molar-refractivity contribution in [3.63, 3.8) is 0 Å². The highest BCUT2D eigenvalue weighted by Crippen LogP contribution is 2.35. The van der Waals surface area contributed by atoms with Crippen LogP contribution in [0.4, 0.5) is 4.79 Å². The third-order valence-corrected chi connectivity index (χ3v) is 5.53. The quantitative estimate of drug-likeness (QED) is 0.890. The van der Waals surface area contributed by atoms with Crippen LogP contribution in [0.5, 0.6) is 0 Å². The molecule has 0 unspecified atom stereocenters. The Kier molecular flexibility index (Phi) is 4.20. The largest absolute Gasteiger partial charge is 0.373 e. The Hall–Kier alpha value is -1.63. The average molecular weight is 333 g/mol. The molecule has 132 valence electrons. The van der Waals surface area contributed by atoms with E-state index in [9.17, 15) is 4.79 Å². The molecule has 3 saturated heterocycles. The number of piperidine rings is 1. The lowest BCUT2D eigenvalue weighted by molar-refractivity contribution is 0.0949. The predicted octanol–water partition coefficient (Wildman–Crippen LogP) is 2.48. The lowest BCUT2D eigenvalue weighted by atomic mass is 9.95. The number of likely N-dealkylation sites (tertiary alicyclic amines) is 1. The van der Waals surface area contributed by atoms with E-state index in [0.717, 1.165) is 56.7 Å². The molecule has 1 aromatic rings. The number of aromatic nitrogens is 3. The maximum Gasteiger partial charge on any atom is 0.318 e. The molecule has 0 aliphatic carbocycles. The average Bonchev–Trinajstić information content (AvgIpc) is 3.31. The van der Waals surface area contributed by atoms with Gasteiger partial charge in [-0.2, -0.15) is 5.10 Å². The molecule has 4 rings (SSSR count). The number of rotatable bonds is 3. The van der Waals surface area contributed by atoms with E-state index in [0.29, 0.717) is 6.10 Å². The Morgan fingerprint density at radius 2 is 2.21 bits per heavy atom. The van der Waals surface area contributed by atoms with Crippen LogP contribution in [-0.2, 0) is 4.74 Å². The van der Waals surface area contributed by atoms with Gasteiger partial charge in [-0.25, -0.2) is 9.78 Å². The number of hydrogen-bond donors (Lipinski definition) is 2. The van der Waals surface area contributed by atoms with Gasteiger partial charge < -0.3 is 15.0 Å². The maximum atomic E-state index is 12.9. The molecule has 0 saturated carbocycles. The molecule has 1 aromatic heterocycles. The van der Waals surface area contributed by atoms with Crippen molar-refractivity contribution < 1.29 is 9.53 Å². The highest BCUT2D eigenvalue weighted by molar-refractivity contribution is 5.75. The predicted molar refractivity (Wildman–Crippen MR) is 88.6 cm³/mol. The number of carbonyl (C=O) groups excluding carboxylic acids is 1. The molecule has 7 nitrogen and oxygen atoms in total. The van der Waals surface area contributed by atoms with Crippen molar-refractivity contribution in [3.8, 4) is 0 Å². The minimum absolute atomic E-state index is 0.00161. The minimum atomic E-state index is -0.00161. The van der Waals surface area contributed by atoms with Crippen molar-refractivity contribution in [2.24, 2.45) is 0 Å². The highest BCUT2D eigenvalue weighted by Gasteiger charge is 2.42. The summed E-state index contributed by atoms with van der Waals surface area (Å²) in [7, 11) is 0. The van der Waals surface area contributed by atoms with E-state index in [-0.39, 0.29) is 30.1 Å². The fraction of sp³-hybridized carbons (Fsp3) is 0.824. The first kappa shape index (κ1) is 15.9. The lowest BCUT2D eigenvalue weighted by Gasteiger charge is -2.35. The number of fused-ring (bicyclic) bond motifs is 2. The normalized spacial score (nSPS) is 32.5. The summed E-state index contributed by atoms with van der Waals surface area (Å²) in [5, 5.41) is 10.6. The SMILES string of the molecule is CC(C)c1n[nH]c([C@@H]2CCCCN2C(=O)N[C@@H]2C[C@H]3CC[C@@H]2O3)n1. The van der Waals surface area contributed by atoms with Crippen LogP contribution >= 0.6 is 0 Å². The number of ether oxygens (including phenoxy) is 1. The van der Waals surface area contributed by atoms with E-state index in [4.69, 9.17) is 4.74 Å². The van der Waals surface area contributed by atoms with Crippen LogP contribution in [0.2, 0.25) is 0 Å². The van der Waals surface area contributed by atoms with E-state index < -0.39 is 0 Å². The Bertz CT molecular complexity index is 602. The molecule has 7 heteroatoms. The number of nitrogens with zero attached hydrogens (tertiary/aromatic N) is 3. The van der Waals surface area contributed by atoms with Crippen LogP contribution in [0.25, 0.3) is 0 Å². The van der Waals surface area contributed by atoms with E-state index in [1.165, 1.54) is 0 Å². The van der Waals surface area contributed by atoms with Crippen LogP contribution in [0, 0.1) is 0 Å². The first-order valence-corrected chi connectivity index (χ1v) is 9.26. The summed E-state index contributed by atoms with van der Waals surface area (Å²) in [4.78, 5) is 19.4. The molecule has 0 radical (unpaired) electrons. The third-order valence-electron chi connectivity index (χ3n) is 5.53. The molecule has 3 fully saturated rings. The van der Waals surface area contributed by atoms with E-state index >= 15 is 0 Å². The van der Waals surface area contributed by atoms with Gasteiger partial charge in [-0.1, -0.05) is 13.8 Å². The van der Waals surface area contributed by atoms with Crippen molar-refractivity contribution in [2.75, 3.05) is 6.54 Å². The number of hydrogen-bond acceptors (Lipinski definition) is 4. The van der Waals surface area contributed by atoms with Crippen molar-refractivity contribution in [1.82, 2.24) is 25.4 Å². The highest BCUT2D eigenvalue weighted by atomic mass is 16.5.